The molecule has 2 aliphatic rings. The number of anilines is 1. The van der Waals surface area contributed by atoms with Gasteiger partial charge in [0.15, 0.2) is 0 Å². The van der Waals surface area contributed by atoms with Crippen molar-refractivity contribution in [2.75, 3.05) is 25.0 Å². The quantitative estimate of drug-likeness (QED) is 0.757. The number of thioether (sulfide) groups is 1. The molecule has 3 atom stereocenters. The molecule has 0 radical (unpaired) electrons. The molecule has 1 aliphatic carbocycles. The Morgan fingerprint density at radius 2 is 1.89 bits per heavy atom. The Hall–Kier alpha value is -1.24. The van der Waals surface area contributed by atoms with E-state index in [0.717, 1.165) is 18.8 Å². The molecule has 2 amide bonds. The summed E-state index contributed by atoms with van der Waals surface area (Å²) in [7, 11) is 0. The van der Waals surface area contributed by atoms with E-state index in [1.807, 2.05) is 30.0 Å². The van der Waals surface area contributed by atoms with Crippen LogP contribution in [0.15, 0.2) is 29.2 Å². The van der Waals surface area contributed by atoms with Gasteiger partial charge in [-0.1, -0.05) is 25.0 Å². The molecule has 0 spiro atoms. The van der Waals surface area contributed by atoms with Gasteiger partial charge in [-0.25, -0.2) is 4.79 Å². The van der Waals surface area contributed by atoms with Gasteiger partial charge < -0.3 is 15.4 Å². The Balaban J connectivity index is 1.49. The van der Waals surface area contributed by atoms with Crippen LogP contribution in [0, 0.1) is 0 Å². The third-order valence-electron chi connectivity index (χ3n) is 5.36. The fourth-order valence-corrected chi connectivity index (χ4v) is 5.30. The predicted octanol–water partition coefficient (Wildman–Crippen LogP) is 4.34. The van der Waals surface area contributed by atoms with Crippen LogP contribution in [0.4, 0.5) is 10.5 Å². The van der Waals surface area contributed by atoms with Crippen LogP contribution < -0.4 is 10.6 Å². The normalized spacial score (nSPS) is 25.3. The van der Waals surface area contributed by atoms with Crippen molar-refractivity contribution in [1.29, 1.82) is 0 Å². The zero-order valence-electron chi connectivity index (χ0n) is 16.7. The molecular formula is C21H33N3O2S. The van der Waals surface area contributed by atoms with Gasteiger partial charge in [-0.2, -0.15) is 0 Å². The van der Waals surface area contributed by atoms with Crippen molar-refractivity contribution >= 4 is 23.5 Å². The summed E-state index contributed by atoms with van der Waals surface area (Å²) in [6.45, 7) is 8.83. The number of para-hydroxylation sites is 1. The van der Waals surface area contributed by atoms with E-state index in [2.05, 4.69) is 42.4 Å². The van der Waals surface area contributed by atoms with Gasteiger partial charge in [0.25, 0.3) is 0 Å². The van der Waals surface area contributed by atoms with Crippen molar-refractivity contribution in [3.63, 3.8) is 0 Å². The number of urea groups is 1. The van der Waals surface area contributed by atoms with Gasteiger partial charge in [0, 0.05) is 35.8 Å². The second-order valence-corrected chi connectivity index (χ2v) is 9.26. The molecular weight excluding hydrogens is 358 g/mol. The number of amides is 2. The van der Waals surface area contributed by atoms with Gasteiger partial charge in [0.05, 0.1) is 17.9 Å². The van der Waals surface area contributed by atoms with Gasteiger partial charge in [-0.05, 0) is 45.7 Å². The number of benzene rings is 1. The molecule has 0 unspecified atom stereocenters. The number of ether oxygens (including phenoxy) is 1. The van der Waals surface area contributed by atoms with E-state index in [-0.39, 0.29) is 24.3 Å². The number of hydrogen-bond donors (Lipinski definition) is 2. The highest BCUT2D eigenvalue weighted by atomic mass is 32.2. The van der Waals surface area contributed by atoms with E-state index >= 15 is 0 Å². The fraction of sp³-hybridized carbons (Fsp3) is 0.667. The summed E-state index contributed by atoms with van der Waals surface area (Å²) < 4.78 is 5.80. The first-order valence-electron chi connectivity index (χ1n) is 10.2. The van der Waals surface area contributed by atoms with Gasteiger partial charge in [0.2, 0.25) is 0 Å². The summed E-state index contributed by atoms with van der Waals surface area (Å²) in [4.78, 5) is 16.0. The lowest BCUT2D eigenvalue weighted by atomic mass is 10.2. The summed E-state index contributed by atoms with van der Waals surface area (Å²) in [6, 6.07) is 8.28. The van der Waals surface area contributed by atoms with Crippen molar-refractivity contribution in [3.05, 3.63) is 24.3 Å². The first kappa shape index (κ1) is 20.5. The minimum absolute atomic E-state index is 0.129. The summed E-state index contributed by atoms with van der Waals surface area (Å²) in [6.07, 6.45) is 5.68. The van der Waals surface area contributed by atoms with Gasteiger partial charge in [0.1, 0.15) is 0 Å². The van der Waals surface area contributed by atoms with Gasteiger partial charge in [-0.15, -0.1) is 11.8 Å². The number of morpholine rings is 1. The number of carbonyl (C=O) groups excluding carboxylic acids is 1. The van der Waals surface area contributed by atoms with Crippen LogP contribution in [0.2, 0.25) is 0 Å². The Labute approximate surface area is 167 Å². The number of carbonyl (C=O) groups is 1. The van der Waals surface area contributed by atoms with Crippen LogP contribution in [-0.2, 0) is 4.74 Å². The number of nitrogens with one attached hydrogen (secondary N) is 2. The highest BCUT2D eigenvalue weighted by Gasteiger charge is 2.26. The molecule has 2 N–H and O–H groups in total. The van der Waals surface area contributed by atoms with E-state index in [1.54, 1.807) is 0 Å². The van der Waals surface area contributed by atoms with Crippen molar-refractivity contribution in [2.45, 2.75) is 74.8 Å². The van der Waals surface area contributed by atoms with Crippen molar-refractivity contribution < 1.29 is 9.53 Å². The molecule has 1 saturated heterocycles. The Morgan fingerprint density at radius 1 is 1.22 bits per heavy atom. The monoisotopic (exact) mass is 391 g/mol. The van der Waals surface area contributed by atoms with Crippen molar-refractivity contribution in [3.8, 4) is 0 Å². The third kappa shape index (κ3) is 6.13. The summed E-state index contributed by atoms with van der Waals surface area (Å²) in [5.41, 5.74) is 0.910. The fourth-order valence-electron chi connectivity index (χ4n) is 3.97. The van der Waals surface area contributed by atoms with Crippen LogP contribution in [0.3, 0.4) is 0 Å². The van der Waals surface area contributed by atoms with Crippen LogP contribution in [0.25, 0.3) is 0 Å². The average Bonchev–Trinajstić information content (AvgIpc) is 3.13. The van der Waals surface area contributed by atoms with Gasteiger partial charge in [-0.3, -0.25) is 4.90 Å². The minimum atomic E-state index is -0.129. The maximum atomic E-state index is 12.4. The zero-order chi connectivity index (χ0) is 19.2. The second-order valence-electron chi connectivity index (χ2n) is 7.92. The Bertz CT molecular complexity index is 611. The summed E-state index contributed by atoms with van der Waals surface area (Å²) in [5, 5.41) is 6.76. The molecule has 2 fully saturated rings. The molecule has 27 heavy (non-hydrogen) atoms. The van der Waals surface area contributed by atoms with Crippen LogP contribution in [0.1, 0.15) is 46.5 Å². The molecule has 1 heterocycles. The first-order valence-corrected chi connectivity index (χ1v) is 11.1. The molecule has 6 heteroatoms. The van der Waals surface area contributed by atoms with E-state index in [0.29, 0.717) is 11.8 Å². The first-order chi connectivity index (χ1) is 13.0. The maximum absolute atomic E-state index is 12.4. The number of hydrogen-bond acceptors (Lipinski definition) is 4. The number of nitrogens with zero attached hydrogens (tertiary/aromatic N) is 1. The third-order valence-corrected chi connectivity index (χ3v) is 6.77. The van der Waals surface area contributed by atoms with Crippen LogP contribution in [0.5, 0.6) is 0 Å². The average molecular weight is 392 g/mol. The van der Waals surface area contributed by atoms with Crippen LogP contribution in [-0.4, -0.2) is 54.1 Å². The van der Waals surface area contributed by atoms with Crippen molar-refractivity contribution in [1.82, 2.24) is 10.2 Å². The highest BCUT2D eigenvalue weighted by molar-refractivity contribution is 8.00. The van der Waals surface area contributed by atoms with E-state index in [9.17, 15) is 4.79 Å². The van der Waals surface area contributed by atoms with Crippen molar-refractivity contribution in [2.24, 2.45) is 0 Å². The van der Waals surface area contributed by atoms with Crippen LogP contribution >= 0.6 is 11.8 Å². The molecule has 3 rings (SSSR count). The molecule has 1 aromatic carbocycles. The molecule has 0 bridgehead atoms. The molecule has 1 saturated carbocycles. The maximum Gasteiger partial charge on any atom is 0.319 e. The lowest BCUT2D eigenvalue weighted by molar-refractivity contribution is -0.0777. The van der Waals surface area contributed by atoms with Gasteiger partial charge >= 0.3 is 6.03 Å². The standard InChI is InChI=1S/C21H33N3O2S/c1-15(24-13-16(2)26-17(3)14-24)12-22-21(25)23-19-10-6-7-11-20(19)27-18-8-4-5-9-18/h6-7,10-11,15-18H,4-5,8-9,12-14H2,1-3H3,(H2,22,23,25)/t15-,16-,17+/m0/s1. The minimum Gasteiger partial charge on any atom is -0.373 e. The van der Waals surface area contributed by atoms with E-state index < -0.39 is 0 Å². The molecule has 150 valence electrons. The highest BCUT2D eigenvalue weighted by Crippen LogP contribution is 2.37. The summed E-state index contributed by atoms with van der Waals surface area (Å²) in [5.74, 6) is 0. The largest absolute Gasteiger partial charge is 0.373 e. The second kappa shape index (κ2) is 9.80. The molecule has 1 aromatic rings. The molecule has 5 nitrogen and oxygen atoms in total. The Kier molecular flexibility index (Phi) is 7.44. The SMILES string of the molecule is C[C@@H]1CN([C@@H](C)CNC(=O)Nc2ccccc2SC2CCCC2)C[C@H](C)O1. The molecule has 1 aliphatic heterocycles. The smallest absolute Gasteiger partial charge is 0.319 e. The lowest BCUT2D eigenvalue weighted by Crippen LogP contribution is -2.52. The number of rotatable bonds is 6. The molecule has 0 aromatic heterocycles. The topological polar surface area (TPSA) is 53.6 Å². The van der Waals surface area contributed by atoms with E-state index in [4.69, 9.17) is 4.74 Å². The predicted molar refractivity (Wildman–Crippen MR) is 113 cm³/mol. The lowest BCUT2D eigenvalue weighted by Gasteiger charge is -2.38. The van der Waals surface area contributed by atoms with E-state index in [1.165, 1.54) is 30.6 Å². The Morgan fingerprint density at radius 3 is 2.59 bits per heavy atom. The summed E-state index contributed by atoms with van der Waals surface area (Å²) >= 11 is 1.90. The zero-order valence-corrected chi connectivity index (χ0v) is 17.6.